The average Bonchev–Trinajstić information content (AvgIpc) is 3.37. The molecule has 0 amide bonds. The molecular weight excluding hydrogens is 346 g/mol. The fraction of sp³-hybridized carbons (Fsp3) is 0.400. The van der Waals surface area contributed by atoms with Crippen molar-refractivity contribution >= 4 is 11.3 Å². The zero-order valence-corrected chi connectivity index (χ0v) is 15.7. The first-order valence-electron chi connectivity index (χ1n) is 9.02. The van der Waals surface area contributed by atoms with Gasteiger partial charge in [-0.25, -0.2) is 0 Å². The summed E-state index contributed by atoms with van der Waals surface area (Å²) >= 11 is 1.78. The van der Waals surface area contributed by atoms with Crippen molar-refractivity contribution in [3.05, 3.63) is 58.0 Å². The van der Waals surface area contributed by atoms with Gasteiger partial charge in [0.05, 0.1) is 12.6 Å². The van der Waals surface area contributed by atoms with Gasteiger partial charge in [-0.05, 0) is 43.3 Å². The van der Waals surface area contributed by atoms with Gasteiger partial charge in [-0.2, -0.15) is 4.98 Å². The highest BCUT2D eigenvalue weighted by molar-refractivity contribution is 7.09. The molecule has 4 rings (SSSR count). The molecule has 6 heteroatoms. The van der Waals surface area contributed by atoms with Crippen molar-refractivity contribution in [2.24, 2.45) is 0 Å². The third-order valence-electron chi connectivity index (χ3n) is 4.54. The van der Waals surface area contributed by atoms with Gasteiger partial charge in [0.2, 0.25) is 0 Å². The van der Waals surface area contributed by atoms with Gasteiger partial charge in [0.15, 0.2) is 5.82 Å². The van der Waals surface area contributed by atoms with Crippen LogP contribution in [-0.2, 0) is 17.8 Å². The Balaban J connectivity index is 1.47. The molecule has 1 fully saturated rings. The maximum Gasteiger partial charge on any atom is 0.257 e. The van der Waals surface area contributed by atoms with Gasteiger partial charge in [-0.15, -0.1) is 11.3 Å². The summed E-state index contributed by atoms with van der Waals surface area (Å²) in [5.41, 5.74) is 2.15. The maximum atomic E-state index is 5.83. The summed E-state index contributed by atoms with van der Waals surface area (Å²) in [7, 11) is 0. The summed E-state index contributed by atoms with van der Waals surface area (Å²) in [6.07, 6.45) is 2.58. The minimum atomic E-state index is 0.304. The first-order chi connectivity index (χ1) is 12.8. The summed E-state index contributed by atoms with van der Waals surface area (Å²) in [4.78, 5) is 8.30. The van der Waals surface area contributed by atoms with Crippen molar-refractivity contribution in [2.75, 3.05) is 13.2 Å². The van der Waals surface area contributed by atoms with Crippen LogP contribution in [0.2, 0.25) is 0 Å². The number of rotatable bonds is 7. The smallest absolute Gasteiger partial charge is 0.257 e. The maximum absolute atomic E-state index is 5.83. The lowest BCUT2D eigenvalue weighted by atomic mass is 10.1. The third kappa shape index (κ3) is 4.38. The standard InChI is InChI=1S/C20H23N3O2S/c1-15-5-2-6-16(11-15)20-21-19(22-25-20)14-23(12-17-7-3-9-24-17)13-18-8-4-10-26-18/h2,4-6,8,10-11,17H,3,7,9,12-14H2,1H3/t17-/m1/s1. The zero-order valence-electron chi connectivity index (χ0n) is 14.9. The van der Waals surface area contributed by atoms with Gasteiger partial charge < -0.3 is 9.26 Å². The lowest BCUT2D eigenvalue weighted by molar-refractivity contribution is 0.0671. The van der Waals surface area contributed by atoms with Crippen LogP contribution in [0.1, 0.15) is 29.1 Å². The van der Waals surface area contributed by atoms with Crippen LogP contribution in [0.25, 0.3) is 11.5 Å². The number of benzene rings is 1. The Kier molecular flexibility index (Phi) is 5.43. The summed E-state index contributed by atoms with van der Waals surface area (Å²) in [5, 5.41) is 6.32. The first-order valence-corrected chi connectivity index (χ1v) is 9.90. The molecule has 1 aliphatic heterocycles. The van der Waals surface area contributed by atoms with Crippen LogP contribution < -0.4 is 0 Å². The quantitative estimate of drug-likeness (QED) is 0.622. The molecule has 5 nitrogen and oxygen atoms in total. The second-order valence-corrected chi connectivity index (χ2v) is 7.80. The molecule has 3 aromatic rings. The number of thiophene rings is 1. The minimum absolute atomic E-state index is 0.304. The van der Waals surface area contributed by atoms with Crippen LogP contribution in [0.15, 0.2) is 46.3 Å². The van der Waals surface area contributed by atoms with Crippen LogP contribution in [0.4, 0.5) is 0 Å². The van der Waals surface area contributed by atoms with Gasteiger partial charge in [0, 0.05) is 30.1 Å². The minimum Gasteiger partial charge on any atom is -0.377 e. The normalized spacial score (nSPS) is 17.2. The van der Waals surface area contributed by atoms with Gasteiger partial charge in [0.1, 0.15) is 0 Å². The lowest BCUT2D eigenvalue weighted by Crippen LogP contribution is -2.31. The summed E-state index contributed by atoms with van der Waals surface area (Å²) in [5.74, 6) is 1.30. The monoisotopic (exact) mass is 369 g/mol. The van der Waals surface area contributed by atoms with Crippen LogP contribution in [0.5, 0.6) is 0 Å². The molecule has 0 saturated carbocycles. The number of nitrogens with zero attached hydrogens (tertiary/aromatic N) is 3. The molecule has 136 valence electrons. The average molecular weight is 369 g/mol. The number of hydrogen-bond acceptors (Lipinski definition) is 6. The molecule has 26 heavy (non-hydrogen) atoms. The van der Waals surface area contributed by atoms with Gasteiger partial charge in [-0.1, -0.05) is 28.9 Å². The highest BCUT2D eigenvalue weighted by Gasteiger charge is 2.21. The van der Waals surface area contributed by atoms with Crippen molar-refractivity contribution in [2.45, 2.75) is 39.0 Å². The van der Waals surface area contributed by atoms with Crippen molar-refractivity contribution < 1.29 is 9.26 Å². The van der Waals surface area contributed by atoms with E-state index < -0.39 is 0 Å². The van der Waals surface area contributed by atoms with Crippen LogP contribution >= 0.6 is 11.3 Å². The predicted octanol–water partition coefficient (Wildman–Crippen LogP) is 4.29. The Morgan fingerprint density at radius 2 is 2.19 bits per heavy atom. The Morgan fingerprint density at radius 3 is 2.96 bits per heavy atom. The van der Waals surface area contributed by atoms with E-state index in [0.29, 0.717) is 18.5 Å². The second-order valence-electron chi connectivity index (χ2n) is 6.77. The number of aryl methyl sites for hydroxylation is 1. The van der Waals surface area contributed by atoms with Crippen molar-refractivity contribution in [1.29, 1.82) is 0 Å². The first kappa shape index (κ1) is 17.4. The van der Waals surface area contributed by atoms with E-state index in [0.717, 1.165) is 43.9 Å². The fourth-order valence-electron chi connectivity index (χ4n) is 3.30. The molecule has 1 saturated heterocycles. The fourth-order valence-corrected chi connectivity index (χ4v) is 4.04. The largest absolute Gasteiger partial charge is 0.377 e. The highest BCUT2D eigenvalue weighted by Crippen LogP contribution is 2.21. The molecule has 0 N–H and O–H groups in total. The molecule has 0 bridgehead atoms. The van der Waals surface area contributed by atoms with E-state index in [-0.39, 0.29) is 0 Å². The van der Waals surface area contributed by atoms with E-state index in [2.05, 4.69) is 51.6 Å². The van der Waals surface area contributed by atoms with Crippen LogP contribution in [0.3, 0.4) is 0 Å². The van der Waals surface area contributed by atoms with E-state index >= 15 is 0 Å². The summed E-state index contributed by atoms with van der Waals surface area (Å²) in [6, 6.07) is 12.4. The molecule has 0 unspecified atom stereocenters. The Labute approximate surface area is 157 Å². The third-order valence-corrected chi connectivity index (χ3v) is 5.40. The second kappa shape index (κ2) is 8.12. The SMILES string of the molecule is Cc1cccc(-c2nc(CN(Cc3cccs3)C[C@H]3CCCO3)no2)c1. The van der Waals surface area contributed by atoms with Crippen molar-refractivity contribution in [3.63, 3.8) is 0 Å². The number of hydrogen-bond donors (Lipinski definition) is 0. The van der Waals surface area contributed by atoms with Crippen LogP contribution in [0, 0.1) is 6.92 Å². The number of aromatic nitrogens is 2. The van der Waals surface area contributed by atoms with Gasteiger partial charge >= 0.3 is 0 Å². The molecule has 1 aromatic carbocycles. The molecule has 3 heterocycles. The Hall–Kier alpha value is -2.02. The highest BCUT2D eigenvalue weighted by atomic mass is 32.1. The molecule has 0 spiro atoms. The molecular formula is C20H23N3O2S. The molecule has 1 atom stereocenters. The summed E-state index contributed by atoms with van der Waals surface area (Å²) < 4.78 is 11.3. The van der Waals surface area contributed by atoms with Gasteiger partial charge in [0.25, 0.3) is 5.89 Å². The van der Waals surface area contributed by atoms with E-state index in [4.69, 9.17) is 9.26 Å². The van der Waals surface area contributed by atoms with E-state index in [1.165, 1.54) is 10.4 Å². The van der Waals surface area contributed by atoms with E-state index in [1.54, 1.807) is 11.3 Å². The number of ether oxygens (including phenoxy) is 1. The van der Waals surface area contributed by atoms with Crippen LogP contribution in [-0.4, -0.2) is 34.3 Å². The zero-order chi connectivity index (χ0) is 17.8. The molecule has 2 aromatic heterocycles. The van der Waals surface area contributed by atoms with Crippen molar-refractivity contribution in [1.82, 2.24) is 15.0 Å². The van der Waals surface area contributed by atoms with E-state index in [9.17, 15) is 0 Å². The predicted molar refractivity (Wildman–Crippen MR) is 102 cm³/mol. The van der Waals surface area contributed by atoms with Crippen molar-refractivity contribution in [3.8, 4) is 11.5 Å². The summed E-state index contributed by atoms with van der Waals surface area (Å²) in [6.45, 7) is 5.37. The Bertz CT molecular complexity index is 825. The Morgan fingerprint density at radius 1 is 1.23 bits per heavy atom. The molecule has 0 aliphatic carbocycles. The molecule has 1 aliphatic rings. The molecule has 0 radical (unpaired) electrons. The van der Waals surface area contributed by atoms with Gasteiger partial charge in [-0.3, -0.25) is 4.90 Å². The van der Waals surface area contributed by atoms with E-state index in [1.807, 2.05) is 12.1 Å². The lowest BCUT2D eigenvalue weighted by Gasteiger charge is -2.23. The topological polar surface area (TPSA) is 51.4 Å².